The van der Waals surface area contributed by atoms with E-state index in [1.807, 2.05) is 18.2 Å². The summed E-state index contributed by atoms with van der Waals surface area (Å²) in [5.41, 5.74) is 1.73. The van der Waals surface area contributed by atoms with Crippen molar-refractivity contribution < 1.29 is 9.47 Å². The van der Waals surface area contributed by atoms with Crippen LogP contribution in [0.4, 0.5) is 0 Å². The Hall–Kier alpha value is -1.74. The van der Waals surface area contributed by atoms with Crippen molar-refractivity contribution in [3.05, 3.63) is 64.1 Å². The van der Waals surface area contributed by atoms with Crippen LogP contribution in [0.1, 0.15) is 32.0 Å². The summed E-state index contributed by atoms with van der Waals surface area (Å²) in [5.74, 6) is 0.587. The molecular weight excluding hydrogens is 274 g/mol. The summed E-state index contributed by atoms with van der Waals surface area (Å²) < 4.78 is 6.41. The highest BCUT2D eigenvalue weighted by atomic mass is 35.5. The predicted molar refractivity (Wildman–Crippen MR) is 79.9 cm³/mol. The van der Waals surface area contributed by atoms with Crippen LogP contribution in [0.15, 0.2) is 42.6 Å². The van der Waals surface area contributed by atoms with Gasteiger partial charge in [0.05, 0.1) is 5.02 Å². The Morgan fingerprint density at radius 3 is 2.55 bits per heavy atom. The highest BCUT2D eigenvalue weighted by Crippen LogP contribution is 2.31. The zero-order valence-corrected chi connectivity index (χ0v) is 12.6. The van der Waals surface area contributed by atoms with Gasteiger partial charge in [-0.05, 0) is 29.2 Å². The van der Waals surface area contributed by atoms with Gasteiger partial charge in [0.25, 0.3) is 0 Å². The molecule has 106 valence electrons. The molecule has 0 bridgehead atoms. The van der Waals surface area contributed by atoms with Gasteiger partial charge >= 0.3 is 0 Å². The number of hydrogen-bond acceptors (Lipinski definition) is 2. The van der Waals surface area contributed by atoms with Crippen LogP contribution in [0.25, 0.3) is 0 Å². The highest BCUT2D eigenvalue weighted by Gasteiger charge is 2.16. The van der Waals surface area contributed by atoms with Crippen molar-refractivity contribution in [2.45, 2.75) is 32.8 Å². The predicted octanol–water partition coefficient (Wildman–Crippen LogP) is 3.85. The van der Waals surface area contributed by atoms with Crippen LogP contribution in [-0.4, -0.2) is 0 Å². The number of benzene rings is 1. The normalized spacial score (nSPS) is 11.4. The second kappa shape index (κ2) is 5.71. The van der Waals surface area contributed by atoms with E-state index in [4.69, 9.17) is 16.3 Å². The average Bonchev–Trinajstić information content (AvgIpc) is 2.38. The van der Waals surface area contributed by atoms with Gasteiger partial charge in [0.1, 0.15) is 5.75 Å². The molecule has 1 aromatic heterocycles. The quantitative estimate of drug-likeness (QED) is 0.636. The standard InChI is InChI=1S/C16H18ClNO2/c1-16(2,3)12-7-8-15(14(17)10-12)20-11-13-6-4-5-9-18(13)19/h4-10H,11H2,1-3H3. The number of halogens is 1. The molecule has 0 aliphatic heterocycles. The molecule has 0 atom stereocenters. The second-order valence-corrected chi connectivity index (χ2v) is 6.11. The van der Waals surface area contributed by atoms with Crippen LogP contribution in [0, 0.1) is 5.21 Å². The zero-order chi connectivity index (χ0) is 14.8. The maximum absolute atomic E-state index is 11.5. The largest absolute Gasteiger partial charge is 0.618 e. The molecule has 4 heteroatoms. The van der Waals surface area contributed by atoms with Crippen LogP contribution in [-0.2, 0) is 12.0 Å². The molecule has 3 nitrogen and oxygen atoms in total. The molecule has 0 aliphatic carbocycles. The van der Waals surface area contributed by atoms with Gasteiger partial charge in [-0.2, -0.15) is 4.73 Å². The maximum Gasteiger partial charge on any atom is 0.230 e. The molecule has 0 N–H and O–H groups in total. The third-order valence-corrected chi connectivity index (χ3v) is 3.37. The van der Waals surface area contributed by atoms with Crippen molar-refractivity contribution >= 4 is 11.6 Å². The fraction of sp³-hybridized carbons (Fsp3) is 0.312. The Kier molecular flexibility index (Phi) is 4.19. The minimum atomic E-state index is 0.0413. The SMILES string of the molecule is CC(C)(C)c1ccc(OCc2cccc[n+]2[O-])c(Cl)c1. The Labute approximate surface area is 124 Å². The van der Waals surface area contributed by atoms with Gasteiger partial charge in [0.15, 0.2) is 12.8 Å². The summed E-state index contributed by atoms with van der Waals surface area (Å²) in [7, 11) is 0. The maximum atomic E-state index is 11.5. The monoisotopic (exact) mass is 291 g/mol. The van der Waals surface area contributed by atoms with E-state index >= 15 is 0 Å². The topological polar surface area (TPSA) is 36.2 Å². The van der Waals surface area contributed by atoms with Crippen molar-refractivity contribution in [1.29, 1.82) is 0 Å². The molecule has 0 spiro atoms. The highest BCUT2D eigenvalue weighted by molar-refractivity contribution is 6.32. The van der Waals surface area contributed by atoms with E-state index < -0.39 is 0 Å². The first kappa shape index (κ1) is 14.7. The van der Waals surface area contributed by atoms with Crippen molar-refractivity contribution in [2.24, 2.45) is 0 Å². The van der Waals surface area contributed by atoms with Gasteiger partial charge in [0.2, 0.25) is 5.69 Å². The number of ether oxygens (including phenoxy) is 1. The number of pyridine rings is 1. The van der Waals surface area contributed by atoms with Crippen LogP contribution >= 0.6 is 11.6 Å². The fourth-order valence-corrected chi connectivity index (χ4v) is 2.05. The first-order valence-electron chi connectivity index (χ1n) is 6.48. The lowest BCUT2D eigenvalue weighted by Gasteiger charge is -2.20. The Balaban J connectivity index is 2.13. The van der Waals surface area contributed by atoms with E-state index in [9.17, 15) is 5.21 Å². The third-order valence-electron chi connectivity index (χ3n) is 3.08. The van der Waals surface area contributed by atoms with Crippen molar-refractivity contribution in [3.63, 3.8) is 0 Å². The van der Waals surface area contributed by atoms with Gasteiger partial charge in [0, 0.05) is 12.1 Å². The summed E-state index contributed by atoms with van der Waals surface area (Å²) in [6, 6.07) is 11.0. The van der Waals surface area contributed by atoms with E-state index in [0.717, 1.165) is 10.3 Å². The van der Waals surface area contributed by atoms with Crippen molar-refractivity contribution in [2.75, 3.05) is 0 Å². The first-order valence-corrected chi connectivity index (χ1v) is 6.85. The molecule has 20 heavy (non-hydrogen) atoms. The van der Waals surface area contributed by atoms with Crippen LogP contribution in [0.5, 0.6) is 5.75 Å². The van der Waals surface area contributed by atoms with Crippen LogP contribution in [0.2, 0.25) is 5.02 Å². The minimum absolute atomic E-state index is 0.0413. The smallest absolute Gasteiger partial charge is 0.230 e. The third kappa shape index (κ3) is 3.42. The Morgan fingerprint density at radius 1 is 1.20 bits per heavy atom. The van der Waals surface area contributed by atoms with Crippen LogP contribution < -0.4 is 9.47 Å². The molecule has 1 aromatic carbocycles. The van der Waals surface area contributed by atoms with Crippen molar-refractivity contribution in [1.82, 2.24) is 0 Å². The molecule has 0 radical (unpaired) electrons. The molecule has 2 rings (SSSR count). The van der Waals surface area contributed by atoms with Gasteiger partial charge in [-0.15, -0.1) is 0 Å². The van der Waals surface area contributed by atoms with E-state index in [1.165, 1.54) is 6.20 Å². The summed E-state index contributed by atoms with van der Waals surface area (Å²) in [5, 5.41) is 12.1. The second-order valence-electron chi connectivity index (χ2n) is 5.70. The number of nitrogens with zero attached hydrogens (tertiary/aromatic N) is 1. The molecule has 0 saturated carbocycles. The lowest BCUT2D eigenvalue weighted by Crippen LogP contribution is -2.31. The summed E-state index contributed by atoms with van der Waals surface area (Å²) >= 11 is 6.23. The number of rotatable bonds is 3. The summed E-state index contributed by atoms with van der Waals surface area (Å²) in [4.78, 5) is 0. The van der Waals surface area contributed by atoms with Crippen molar-refractivity contribution in [3.8, 4) is 5.75 Å². The molecule has 2 aromatic rings. The number of hydrogen-bond donors (Lipinski definition) is 0. The lowest BCUT2D eigenvalue weighted by molar-refractivity contribution is -0.616. The molecule has 1 heterocycles. The van der Waals surface area contributed by atoms with Gasteiger partial charge in [-0.3, -0.25) is 0 Å². The lowest BCUT2D eigenvalue weighted by atomic mass is 9.87. The number of aromatic nitrogens is 1. The zero-order valence-electron chi connectivity index (χ0n) is 11.9. The molecule has 0 fully saturated rings. The Bertz CT molecular complexity index is 606. The average molecular weight is 292 g/mol. The molecule has 0 unspecified atom stereocenters. The Morgan fingerprint density at radius 2 is 1.95 bits per heavy atom. The molecule has 0 amide bonds. The molecular formula is C16H18ClNO2. The van der Waals surface area contributed by atoms with E-state index in [1.54, 1.807) is 18.2 Å². The van der Waals surface area contributed by atoms with E-state index in [2.05, 4.69) is 20.8 Å². The van der Waals surface area contributed by atoms with E-state index in [-0.39, 0.29) is 12.0 Å². The molecule has 0 aliphatic rings. The summed E-state index contributed by atoms with van der Waals surface area (Å²) in [6.45, 7) is 6.58. The summed E-state index contributed by atoms with van der Waals surface area (Å²) in [6.07, 6.45) is 1.45. The minimum Gasteiger partial charge on any atom is -0.618 e. The fourth-order valence-electron chi connectivity index (χ4n) is 1.81. The van der Waals surface area contributed by atoms with Gasteiger partial charge < -0.3 is 9.94 Å². The molecule has 0 saturated heterocycles. The first-order chi connectivity index (χ1) is 9.38. The van der Waals surface area contributed by atoms with Crippen LogP contribution in [0.3, 0.4) is 0 Å². The van der Waals surface area contributed by atoms with E-state index in [0.29, 0.717) is 16.5 Å². The van der Waals surface area contributed by atoms with Gasteiger partial charge in [-0.25, -0.2) is 0 Å². The van der Waals surface area contributed by atoms with Gasteiger partial charge in [-0.1, -0.05) is 38.4 Å².